The standard InChI is InChI=1S/C15H28N2O3S/c1-4-12-5-7-15(8-6-12,13(18)19)17-14(20)16-9-11(2)10-21-3/h11-12H,4-10H2,1-3H3,(H,18,19)(H2,16,17,20). The van der Waals surface area contributed by atoms with Crippen LogP contribution in [0.25, 0.3) is 0 Å². The van der Waals surface area contributed by atoms with E-state index in [1.54, 1.807) is 11.8 Å². The van der Waals surface area contributed by atoms with E-state index in [4.69, 9.17) is 0 Å². The summed E-state index contributed by atoms with van der Waals surface area (Å²) in [6, 6.07) is -0.361. The predicted octanol–water partition coefficient (Wildman–Crippen LogP) is 2.71. The molecule has 122 valence electrons. The second-order valence-corrected chi connectivity index (χ2v) is 7.05. The van der Waals surface area contributed by atoms with Crippen molar-refractivity contribution >= 4 is 23.8 Å². The van der Waals surface area contributed by atoms with E-state index < -0.39 is 11.5 Å². The van der Waals surface area contributed by atoms with Gasteiger partial charge < -0.3 is 15.7 Å². The zero-order chi connectivity index (χ0) is 15.9. The average Bonchev–Trinajstić information content (AvgIpc) is 2.46. The Kier molecular flexibility index (Phi) is 7.35. The Balaban J connectivity index is 2.51. The van der Waals surface area contributed by atoms with Crippen molar-refractivity contribution < 1.29 is 14.7 Å². The molecule has 1 aliphatic rings. The molecule has 6 heteroatoms. The summed E-state index contributed by atoms with van der Waals surface area (Å²) >= 11 is 1.74. The van der Waals surface area contributed by atoms with Crippen LogP contribution in [0, 0.1) is 11.8 Å². The highest BCUT2D eigenvalue weighted by molar-refractivity contribution is 7.98. The predicted molar refractivity (Wildman–Crippen MR) is 86.7 cm³/mol. The highest BCUT2D eigenvalue weighted by atomic mass is 32.2. The summed E-state index contributed by atoms with van der Waals surface area (Å²) in [6.07, 6.45) is 5.89. The first-order valence-corrected chi connectivity index (χ1v) is 9.11. The molecule has 3 N–H and O–H groups in total. The highest BCUT2D eigenvalue weighted by Crippen LogP contribution is 2.33. The van der Waals surface area contributed by atoms with Crippen molar-refractivity contribution in [1.29, 1.82) is 0 Å². The van der Waals surface area contributed by atoms with Crippen LogP contribution < -0.4 is 10.6 Å². The number of nitrogens with one attached hydrogen (secondary N) is 2. The molecular formula is C15H28N2O3S. The Bertz CT molecular complexity index is 355. The quantitative estimate of drug-likeness (QED) is 0.675. The second kappa shape index (κ2) is 8.51. The van der Waals surface area contributed by atoms with E-state index >= 15 is 0 Å². The molecule has 0 aromatic rings. The number of amides is 2. The summed E-state index contributed by atoms with van der Waals surface area (Å²) in [5, 5.41) is 15.0. The first-order chi connectivity index (χ1) is 9.93. The lowest BCUT2D eigenvalue weighted by atomic mass is 9.75. The van der Waals surface area contributed by atoms with Crippen LogP contribution in [-0.4, -0.2) is 41.2 Å². The largest absolute Gasteiger partial charge is 0.480 e. The highest BCUT2D eigenvalue weighted by Gasteiger charge is 2.42. The van der Waals surface area contributed by atoms with E-state index in [1.165, 1.54) is 0 Å². The first kappa shape index (κ1) is 18.1. The second-order valence-electron chi connectivity index (χ2n) is 6.13. The maximum atomic E-state index is 12.0. The molecule has 1 unspecified atom stereocenters. The van der Waals surface area contributed by atoms with Crippen molar-refractivity contribution in [3.05, 3.63) is 0 Å². The molecule has 1 fully saturated rings. The molecule has 2 amide bonds. The zero-order valence-electron chi connectivity index (χ0n) is 13.3. The number of urea groups is 1. The summed E-state index contributed by atoms with van der Waals surface area (Å²) in [7, 11) is 0. The van der Waals surface area contributed by atoms with Gasteiger partial charge in [0.05, 0.1) is 0 Å². The first-order valence-electron chi connectivity index (χ1n) is 7.72. The molecule has 0 aromatic carbocycles. The third-order valence-electron chi connectivity index (χ3n) is 4.36. The number of carboxylic acid groups (broad SMARTS) is 1. The number of hydrogen-bond acceptors (Lipinski definition) is 3. The minimum atomic E-state index is -1.08. The lowest BCUT2D eigenvalue weighted by Gasteiger charge is -2.37. The summed E-state index contributed by atoms with van der Waals surface area (Å²) in [4.78, 5) is 23.6. The SMILES string of the molecule is CCC1CCC(NC(=O)NCC(C)CSC)(C(=O)O)CC1. The Morgan fingerprint density at radius 1 is 1.38 bits per heavy atom. The molecule has 5 nitrogen and oxygen atoms in total. The molecule has 1 saturated carbocycles. The van der Waals surface area contributed by atoms with Crippen LogP contribution >= 0.6 is 11.8 Å². The van der Waals surface area contributed by atoms with Crippen molar-refractivity contribution in [2.24, 2.45) is 11.8 Å². The monoisotopic (exact) mass is 316 g/mol. The van der Waals surface area contributed by atoms with Crippen molar-refractivity contribution in [3.63, 3.8) is 0 Å². The van der Waals surface area contributed by atoms with Gasteiger partial charge in [0, 0.05) is 6.54 Å². The number of rotatable bonds is 7. The molecule has 0 saturated heterocycles. The van der Waals surface area contributed by atoms with Gasteiger partial charge in [-0.15, -0.1) is 0 Å². The fourth-order valence-electron chi connectivity index (χ4n) is 2.84. The summed E-state index contributed by atoms with van der Waals surface area (Å²) in [5.41, 5.74) is -1.08. The van der Waals surface area contributed by atoms with Gasteiger partial charge in [-0.1, -0.05) is 20.3 Å². The number of carboxylic acids is 1. The molecular weight excluding hydrogens is 288 g/mol. The maximum Gasteiger partial charge on any atom is 0.329 e. The third-order valence-corrected chi connectivity index (χ3v) is 5.26. The van der Waals surface area contributed by atoms with E-state index in [-0.39, 0.29) is 6.03 Å². The normalized spacial score (nSPS) is 26.9. The van der Waals surface area contributed by atoms with Gasteiger partial charge in [0.2, 0.25) is 0 Å². The molecule has 0 bridgehead atoms. The molecule has 1 atom stereocenters. The smallest absolute Gasteiger partial charge is 0.329 e. The van der Waals surface area contributed by atoms with Crippen LogP contribution in [0.4, 0.5) is 4.79 Å². The number of thioether (sulfide) groups is 1. The number of hydrogen-bond donors (Lipinski definition) is 3. The van der Waals surface area contributed by atoms with Crippen LogP contribution in [-0.2, 0) is 4.79 Å². The van der Waals surface area contributed by atoms with Gasteiger partial charge in [-0.2, -0.15) is 11.8 Å². The van der Waals surface area contributed by atoms with Gasteiger partial charge in [0.25, 0.3) is 0 Å². The van der Waals surface area contributed by atoms with Crippen LogP contribution in [0.5, 0.6) is 0 Å². The molecule has 1 aliphatic carbocycles. The minimum absolute atomic E-state index is 0.361. The number of aliphatic carboxylic acids is 1. The third kappa shape index (κ3) is 5.41. The number of carbonyl (C=O) groups excluding carboxylic acids is 1. The Hall–Kier alpha value is -0.910. The Morgan fingerprint density at radius 2 is 2.00 bits per heavy atom. The Morgan fingerprint density at radius 3 is 2.48 bits per heavy atom. The van der Waals surface area contributed by atoms with Crippen LogP contribution in [0.15, 0.2) is 0 Å². The average molecular weight is 316 g/mol. The molecule has 21 heavy (non-hydrogen) atoms. The fourth-order valence-corrected chi connectivity index (χ4v) is 3.53. The molecule has 0 aromatic heterocycles. The fraction of sp³-hybridized carbons (Fsp3) is 0.867. The van der Waals surface area contributed by atoms with Gasteiger partial charge in [-0.05, 0) is 49.5 Å². The van der Waals surface area contributed by atoms with Crippen molar-refractivity contribution in [3.8, 4) is 0 Å². The number of carbonyl (C=O) groups is 2. The topological polar surface area (TPSA) is 78.4 Å². The van der Waals surface area contributed by atoms with Crippen molar-refractivity contribution in [1.82, 2.24) is 10.6 Å². The lowest BCUT2D eigenvalue weighted by Crippen LogP contribution is -2.59. The van der Waals surface area contributed by atoms with E-state index in [9.17, 15) is 14.7 Å². The van der Waals surface area contributed by atoms with Crippen LogP contribution in [0.2, 0.25) is 0 Å². The molecule has 0 heterocycles. The van der Waals surface area contributed by atoms with Gasteiger partial charge in [-0.3, -0.25) is 0 Å². The Labute approximate surface area is 131 Å². The van der Waals surface area contributed by atoms with E-state index in [0.717, 1.165) is 25.0 Å². The molecule has 1 rings (SSSR count). The van der Waals surface area contributed by atoms with Crippen molar-refractivity contribution in [2.75, 3.05) is 18.6 Å². The minimum Gasteiger partial charge on any atom is -0.480 e. The van der Waals surface area contributed by atoms with Crippen LogP contribution in [0.3, 0.4) is 0 Å². The van der Waals surface area contributed by atoms with E-state index in [1.807, 2.05) is 6.26 Å². The van der Waals surface area contributed by atoms with Gasteiger partial charge in [0.1, 0.15) is 5.54 Å². The maximum absolute atomic E-state index is 12.0. The van der Waals surface area contributed by atoms with Gasteiger partial charge in [0.15, 0.2) is 0 Å². The summed E-state index contributed by atoms with van der Waals surface area (Å²) < 4.78 is 0. The van der Waals surface area contributed by atoms with Crippen LogP contribution in [0.1, 0.15) is 46.0 Å². The van der Waals surface area contributed by atoms with Crippen molar-refractivity contribution in [2.45, 2.75) is 51.5 Å². The lowest BCUT2D eigenvalue weighted by molar-refractivity contribution is -0.146. The molecule has 0 spiro atoms. The summed E-state index contributed by atoms with van der Waals surface area (Å²) in [6.45, 7) is 4.77. The zero-order valence-corrected chi connectivity index (χ0v) is 14.1. The molecule has 0 aliphatic heterocycles. The van der Waals surface area contributed by atoms with E-state index in [0.29, 0.717) is 31.2 Å². The van der Waals surface area contributed by atoms with Gasteiger partial charge >= 0.3 is 12.0 Å². The molecule has 0 radical (unpaired) electrons. The summed E-state index contributed by atoms with van der Waals surface area (Å²) in [5.74, 6) is 1.03. The van der Waals surface area contributed by atoms with Gasteiger partial charge in [-0.25, -0.2) is 9.59 Å². The van der Waals surface area contributed by atoms with E-state index in [2.05, 4.69) is 24.5 Å².